The fraction of sp³-hybridized carbons (Fsp3) is 0.556. The van der Waals surface area contributed by atoms with Crippen LogP contribution in [-0.2, 0) is 6.54 Å². The highest BCUT2D eigenvalue weighted by Crippen LogP contribution is 2.11. The van der Waals surface area contributed by atoms with E-state index in [0.29, 0.717) is 17.2 Å². The Hall–Kier alpha value is -1.02. The largest absolute Gasteiger partial charge is 0.395 e. The first-order valence-corrected chi connectivity index (χ1v) is 5.76. The van der Waals surface area contributed by atoms with Gasteiger partial charge in [0.2, 0.25) is 0 Å². The number of thiazole rings is 1. The van der Waals surface area contributed by atoms with Gasteiger partial charge < -0.3 is 20.8 Å². The molecule has 1 amide bonds. The zero-order valence-electron chi connectivity index (χ0n) is 8.80. The van der Waals surface area contributed by atoms with Crippen molar-refractivity contribution in [1.82, 2.24) is 9.88 Å². The summed E-state index contributed by atoms with van der Waals surface area (Å²) in [7, 11) is 0. The maximum atomic E-state index is 11.9. The molecule has 0 fully saturated rings. The van der Waals surface area contributed by atoms with E-state index in [1.54, 1.807) is 5.38 Å². The van der Waals surface area contributed by atoms with Gasteiger partial charge in [-0.15, -0.1) is 11.3 Å². The van der Waals surface area contributed by atoms with E-state index in [4.69, 9.17) is 15.9 Å². The minimum absolute atomic E-state index is 0.139. The standard InChI is InChI=1S/C9H15N3O3S/c10-5-8-11-7(6-16-8)9(15)12(1-3-13)2-4-14/h6,13-14H,1-5,10H2. The third-order valence-electron chi connectivity index (χ3n) is 1.97. The van der Waals surface area contributed by atoms with Gasteiger partial charge >= 0.3 is 0 Å². The Morgan fingerprint density at radius 1 is 1.44 bits per heavy atom. The zero-order valence-corrected chi connectivity index (χ0v) is 9.61. The number of aromatic nitrogens is 1. The lowest BCUT2D eigenvalue weighted by molar-refractivity contribution is 0.0679. The van der Waals surface area contributed by atoms with Crippen LogP contribution in [0.3, 0.4) is 0 Å². The Morgan fingerprint density at radius 2 is 2.06 bits per heavy atom. The van der Waals surface area contributed by atoms with Gasteiger partial charge in [0.25, 0.3) is 5.91 Å². The molecule has 0 atom stereocenters. The Balaban J connectivity index is 2.72. The fourth-order valence-corrected chi connectivity index (χ4v) is 1.87. The molecule has 4 N–H and O–H groups in total. The molecule has 90 valence electrons. The van der Waals surface area contributed by atoms with Crippen molar-refractivity contribution in [2.45, 2.75) is 6.54 Å². The fourth-order valence-electron chi connectivity index (χ4n) is 1.22. The van der Waals surface area contributed by atoms with Crippen LogP contribution in [0, 0.1) is 0 Å². The van der Waals surface area contributed by atoms with Gasteiger partial charge in [0, 0.05) is 25.0 Å². The predicted molar refractivity (Wildman–Crippen MR) is 60.1 cm³/mol. The molecule has 0 radical (unpaired) electrons. The van der Waals surface area contributed by atoms with Gasteiger partial charge in [-0.3, -0.25) is 4.79 Å². The Morgan fingerprint density at radius 3 is 2.50 bits per heavy atom. The molecule has 0 aliphatic heterocycles. The quantitative estimate of drug-likeness (QED) is 0.598. The summed E-state index contributed by atoms with van der Waals surface area (Å²) in [4.78, 5) is 17.3. The molecule has 1 rings (SSSR count). The van der Waals surface area contributed by atoms with Crippen molar-refractivity contribution in [2.24, 2.45) is 5.73 Å². The van der Waals surface area contributed by atoms with Gasteiger partial charge in [0.1, 0.15) is 10.7 Å². The summed E-state index contributed by atoms with van der Waals surface area (Å²) in [6, 6.07) is 0. The molecule has 0 unspecified atom stereocenters. The number of aliphatic hydroxyl groups is 2. The first-order chi connectivity index (χ1) is 7.72. The van der Waals surface area contributed by atoms with Gasteiger partial charge in [-0.1, -0.05) is 0 Å². The van der Waals surface area contributed by atoms with Crippen molar-refractivity contribution in [2.75, 3.05) is 26.3 Å². The molecule has 7 heteroatoms. The van der Waals surface area contributed by atoms with E-state index in [1.165, 1.54) is 16.2 Å². The molecule has 0 spiro atoms. The molecule has 16 heavy (non-hydrogen) atoms. The van der Waals surface area contributed by atoms with Crippen LogP contribution in [0.1, 0.15) is 15.5 Å². The minimum atomic E-state index is -0.293. The number of carbonyl (C=O) groups is 1. The van der Waals surface area contributed by atoms with E-state index in [-0.39, 0.29) is 32.2 Å². The van der Waals surface area contributed by atoms with Gasteiger partial charge in [-0.2, -0.15) is 0 Å². The maximum Gasteiger partial charge on any atom is 0.273 e. The normalized spacial score (nSPS) is 10.4. The Bertz CT molecular complexity index is 336. The zero-order chi connectivity index (χ0) is 12.0. The number of aliphatic hydroxyl groups excluding tert-OH is 2. The summed E-state index contributed by atoms with van der Waals surface area (Å²) in [6.45, 7) is 0.404. The molecule has 0 saturated heterocycles. The van der Waals surface area contributed by atoms with Crippen LogP contribution >= 0.6 is 11.3 Å². The van der Waals surface area contributed by atoms with Gasteiger partial charge in [-0.25, -0.2) is 4.98 Å². The number of carbonyl (C=O) groups excluding carboxylic acids is 1. The van der Waals surface area contributed by atoms with Gasteiger partial charge in [-0.05, 0) is 0 Å². The molecule has 0 aliphatic carbocycles. The highest BCUT2D eigenvalue weighted by molar-refractivity contribution is 7.09. The van der Waals surface area contributed by atoms with Crippen LogP contribution in [-0.4, -0.2) is 52.3 Å². The van der Waals surface area contributed by atoms with Gasteiger partial charge in [0.05, 0.1) is 13.2 Å². The molecule has 1 heterocycles. The van der Waals surface area contributed by atoms with Crippen LogP contribution in [0.4, 0.5) is 0 Å². The highest BCUT2D eigenvalue weighted by Gasteiger charge is 2.17. The van der Waals surface area contributed by atoms with E-state index in [0.717, 1.165) is 0 Å². The first kappa shape index (κ1) is 13.0. The molecule has 0 bridgehead atoms. The molecule has 6 nitrogen and oxygen atoms in total. The lowest BCUT2D eigenvalue weighted by atomic mass is 10.3. The van der Waals surface area contributed by atoms with E-state index >= 15 is 0 Å². The van der Waals surface area contributed by atoms with Crippen molar-refractivity contribution in [3.05, 3.63) is 16.1 Å². The Labute approximate surface area is 97.3 Å². The van der Waals surface area contributed by atoms with E-state index in [2.05, 4.69) is 4.98 Å². The van der Waals surface area contributed by atoms with Crippen molar-refractivity contribution >= 4 is 17.2 Å². The molecule has 0 aliphatic rings. The number of hydrogen-bond donors (Lipinski definition) is 3. The average molecular weight is 245 g/mol. The second-order valence-corrected chi connectivity index (χ2v) is 4.01. The van der Waals surface area contributed by atoms with Gasteiger partial charge in [0.15, 0.2) is 0 Å². The third kappa shape index (κ3) is 3.24. The summed E-state index contributed by atoms with van der Waals surface area (Å²) < 4.78 is 0. The molecule has 1 aromatic heterocycles. The van der Waals surface area contributed by atoms with Crippen LogP contribution in [0.5, 0.6) is 0 Å². The van der Waals surface area contributed by atoms with Crippen molar-refractivity contribution in [3.8, 4) is 0 Å². The number of nitrogens with zero attached hydrogens (tertiary/aromatic N) is 2. The van der Waals surface area contributed by atoms with E-state index < -0.39 is 0 Å². The second-order valence-electron chi connectivity index (χ2n) is 3.07. The number of rotatable bonds is 6. The lowest BCUT2D eigenvalue weighted by Crippen LogP contribution is -2.36. The second kappa shape index (κ2) is 6.54. The highest BCUT2D eigenvalue weighted by atomic mass is 32.1. The monoisotopic (exact) mass is 245 g/mol. The topological polar surface area (TPSA) is 99.7 Å². The van der Waals surface area contributed by atoms with Crippen LogP contribution < -0.4 is 5.73 Å². The molecular formula is C9H15N3O3S. The number of amides is 1. The molecular weight excluding hydrogens is 230 g/mol. The Kier molecular flexibility index (Phi) is 5.33. The summed E-state index contributed by atoms with van der Waals surface area (Å²) in [6.07, 6.45) is 0. The minimum Gasteiger partial charge on any atom is -0.395 e. The lowest BCUT2D eigenvalue weighted by Gasteiger charge is -2.19. The van der Waals surface area contributed by atoms with Crippen molar-refractivity contribution in [3.63, 3.8) is 0 Å². The number of hydrogen-bond acceptors (Lipinski definition) is 6. The van der Waals surface area contributed by atoms with E-state index in [9.17, 15) is 4.79 Å². The van der Waals surface area contributed by atoms with Crippen LogP contribution in [0.15, 0.2) is 5.38 Å². The predicted octanol–water partition coefficient (Wildman–Crippen LogP) is -0.971. The summed E-state index contributed by atoms with van der Waals surface area (Å²) in [5.41, 5.74) is 5.71. The summed E-state index contributed by atoms with van der Waals surface area (Å²) >= 11 is 1.32. The molecule has 0 saturated carbocycles. The van der Waals surface area contributed by atoms with Crippen LogP contribution in [0.25, 0.3) is 0 Å². The maximum absolute atomic E-state index is 11.9. The van der Waals surface area contributed by atoms with Crippen molar-refractivity contribution in [1.29, 1.82) is 0 Å². The summed E-state index contributed by atoms with van der Waals surface area (Å²) in [5.74, 6) is -0.293. The van der Waals surface area contributed by atoms with Crippen LogP contribution in [0.2, 0.25) is 0 Å². The first-order valence-electron chi connectivity index (χ1n) is 4.88. The van der Waals surface area contributed by atoms with E-state index in [1.807, 2.05) is 0 Å². The van der Waals surface area contributed by atoms with Crippen molar-refractivity contribution < 1.29 is 15.0 Å². The smallest absolute Gasteiger partial charge is 0.273 e. The average Bonchev–Trinajstić information content (AvgIpc) is 2.76. The third-order valence-corrected chi connectivity index (χ3v) is 2.84. The number of nitrogens with two attached hydrogens (primary N) is 1. The molecule has 0 aromatic carbocycles. The summed E-state index contributed by atoms with van der Waals surface area (Å²) in [5, 5.41) is 19.9. The molecule has 1 aromatic rings. The SMILES string of the molecule is NCc1nc(C(=O)N(CCO)CCO)cs1.